The number of hydrogen-bond acceptors (Lipinski definition) is 7. The third-order valence-electron chi connectivity index (χ3n) is 2.33. The third kappa shape index (κ3) is 4.23. The number of aromatic nitrogens is 3. The van der Waals surface area contributed by atoms with E-state index in [1.807, 2.05) is 6.92 Å². The Morgan fingerprint density at radius 1 is 1.26 bits per heavy atom. The van der Waals surface area contributed by atoms with Gasteiger partial charge < -0.3 is 19.9 Å². The lowest BCUT2D eigenvalue weighted by molar-refractivity contribution is -0.127. The molecule has 1 N–H and O–H groups in total. The first-order valence-corrected chi connectivity index (χ1v) is 5.93. The Bertz CT molecular complexity index is 437. The van der Waals surface area contributed by atoms with Crippen molar-refractivity contribution in [1.82, 2.24) is 19.9 Å². The summed E-state index contributed by atoms with van der Waals surface area (Å²) in [5, 5.41) is 2.99. The maximum absolute atomic E-state index is 11.7. The molecule has 0 saturated heterocycles. The van der Waals surface area contributed by atoms with E-state index in [1.165, 1.54) is 12.0 Å². The molecule has 0 radical (unpaired) electrons. The summed E-state index contributed by atoms with van der Waals surface area (Å²) >= 11 is 0. The molecular weight excluding hydrogens is 248 g/mol. The lowest BCUT2D eigenvalue weighted by atomic mass is 10.5. The van der Waals surface area contributed by atoms with Gasteiger partial charge >= 0.3 is 6.01 Å². The second-order valence-corrected chi connectivity index (χ2v) is 4.12. The van der Waals surface area contributed by atoms with Crippen LogP contribution in [0.1, 0.15) is 6.92 Å². The van der Waals surface area contributed by atoms with Gasteiger partial charge in [0.15, 0.2) is 0 Å². The number of rotatable bonds is 6. The molecule has 0 atom stereocenters. The summed E-state index contributed by atoms with van der Waals surface area (Å²) < 4.78 is 5.02. The average molecular weight is 268 g/mol. The lowest BCUT2D eigenvalue weighted by Crippen LogP contribution is -2.35. The van der Waals surface area contributed by atoms with Crippen molar-refractivity contribution in [3.05, 3.63) is 0 Å². The molecule has 1 aromatic heterocycles. The zero-order valence-electron chi connectivity index (χ0n) is 12.0. The summed E-state index contributed by atoms with van der Waals surface area (Å²) in [5.74, 6) is 0.776. The third-order valence-corrected chi connectivity index (χ3v) is 2.33. The Hall–Kier alpha value is -2.12. The zero-order valence-corrected chi connectivity index (χ0v) is 12.0. The fourth-order valence-electron chi connectivity index (χ4n) is 1.26. The highest BCUT2D eigenvalue weighted by Gasteiger charge is 2.14. The van der Waals surface area contributed by atoms with Crippen molar-refractivity contribution in [2.24, 2.45) is 0 Å². The van der Waals surface area contributed by atoms with Gasteiger partial charge in [0, 0.05) is 27.7 Å². The van der Waals surface area contributed by atoms with Crippen LogP contribution in [0.2, 0.25) is 0 Å². The van der Waals surface area contributed by atoms with Crippen LogP contribution in [0, 0.1) is 0 Å². The molecule has 0 bridgehead atoms. The number of anilines is 2. The highest BCUT2D eigenvalue weighted by molar-refractivity contribution is 5.80. The van der Waals surface area contributed by atoms with Crippen LogP contribution in [0.3, 0.4) is 0 Å². The standard InChI is InChI=1S/C11H20N6O2/c1-6-12-9-13-10(15-11(14-9)19-5)17(4)7-8(18)16(2)3/h6-7H2,1-5H3,(H,12,13,14,15). The highest BCUT2D eigenvalue weighted by atomic mass is 16.5. The molecule has 0 aliphatic carbocycles. The molecule has 0 unspecified atom stereocenters. The quantitative estimate of drug-likeness (QED) is 0.767. The van der Waals surface area contributed by atoms with Crippen LogP contribution in [0.5, 0.6) is 6.01 Å². The molecule has 1 rings (SSSR count). The number of nitrogens with one attached hydrogen (secondary N) is 1. The van der Waals surface area contributed by atoms with E-state index in [0.717, 1.165) is 0 Å². The van der Waals surface area contributed by atoms with E-state index in [9.17, 15) is 4.79 Å². The summed E-state index contributed by atoms with van der Waals surface area (Å²) in [6, 6.07) is 0.213. The van der Waals surface area contributed by atoms with E-state index >= 15 is 0 Å². The van der Waals surface area contributed by atoms with Crippen molar-refractivity contribution in [2.45, 2.75) is 6.92 Å². The predicted octanol–water partition coefficient (Wildman–Crippen LogP) is -0.164. The molecule has 1 heterocycles. The smallest absolute Gasteiger partial charge is 0.322 e. The Morgan fingerprint density at radius 3 is 2.47 bits per heavy atom. The number of methoxy groups -OCH3 is 1. The molecule has 8 heteroatoms. The van der Waals surface area contributed by atoms with Crippen LogP contribution in [0.4, 0.5) is 11.9 Å². The fourth-order valence-corrected chi connectivity index (χ4v) is 1.26. The number of hydrogen-bond donors (Lipinski definition) is 1. The second-order valence-electron chi connectivity index (χ2n) is 4.12. The van der Waals surface area contributed by atoms with Crippen LogP contribution in [-0.4, -0.2) is 67.1 Å². The average Bonchev–Trinajstić information content (AvgIpc) is 2.38. The van der Waals surface area contributed by atoms with E-state index < -0.39 is 0 Å². The number of amides is 1. The van der Waals surface area contributed by atoms with Gasteiger partial charge in [0.05, 0.1) is 13.7 Å². The molecule has 8 nitrogen and oxygen atoms in total. The van der Waals surface area contributed by atoms with Gasteiger partial charge in [0.1, 0.15) is 0 Å². The van der Waals surface area contributed by atoms with Gasteiger partial charge in [-0.25, -0.2) is 0 Å². The Morgan fingerprint density at radius 2 is 1.95 bits per heavy atom. The second kappa shape index (κ2) is 6.72. The highest BCUT2D eigenvalue weighted by Crippen LogP contribution is 2.13. The maximum Gasteiger partial charge on any atom is 0.322 e. The van der Waals surface area contributed by atoms with Crippen LogP contribution in [0.25, 0.3) is 0 Å². The van der Waals surface area contributed by atoms with Gasteiger partial charge in [-0.05, 0) is 6.92 Å². The minimum atomic E-state index is -0.0353. The van der Waals surface area contributed by atoms with Gasteiger partial charge in [-0.1, -0.05) is 0 Å². The molecule has 1 aromatic rings. The first-order chi connectivity index (χ1) is 8.97. The Labute approximate surface area is 112 Å². The molecule has 106 valence electrons. The van der Waals surface area contributed by atoms with E-state index in [2.05, 4.69) is 20.3 Å². The van der Waals surface area contributed by atoms with Gasteiger partial charge in [0.2, 0.25) is 17.8 Å². The van der Waals surface area contributed by atoms with Gasteiger partial charge in [0.25, 0.3) is 0 Å². The van der Waals surface area contributed by atoms with E-state index in [1.54, 1.807) is 26.0 Å². The molecule has 0 saturated carbocycles. The largest absolute Gasteiger partial charge is 0.467 e. The molecule has 0 aliphatic rings. The number of likely N-dealkylation sites (N-methyl/N-ethyl adjacent to an activating group) is 2. The minimum absolute atomic E-state index is 0.0353. The van der Waals surface area contributed by atoms with Gasteiger partial charge in [-0.2, -0.15) is 15.0 Å². The number of ether oxygens (including phenoxy) is 1. The molecule has 0 aliphatic heterocycles. The minimum Gasteiger partial charge on any atom is -0.467 e. The summed E-state index contributed by atoms with van der Waals surface area (Å²) in [5.41, 5.74) is 0. The van der Waals surface area contributed by atoms with Crippen molar-refractivity contribution in [3.8, 4) is 6.01 Å². The SMILES string of the molecule is CCNc1nc(OC)nc(N(C)CC(=O)N(C)C)n1. The topological polar surface area (TPSA) is 83.5 Å². The van der Waals surface area contributed by atoms with Gasteiger partial charge in [-0.15, -0.1) is 0 Å². The zero-order chi connectivity index (χ0) is 14.4. The molecule has 0 spiro atoms. The van der Waals surface area contributed by atoms with Crippen molar-refractivity contribution < 1.29 is 9.53 Å². The first kappa shape index (κ1) is 14.9. The summed E-state index contributed by atoms with van der Waals surface area (Å²) in [6.07, 6.45) is 0. The summed E-state index contributed by atoms with van der Waals surface area (Å²) in [6.45, 7) is 2.81. The van der Waals surface area contributed by atoms with Crippen molar-refractivity contribution >= 4 is 17.8 Å². The predicted molar refractivity (Wildman–Crippen MR) is 72.5 cm³/mol. The van der Waals surface area contributed by atoms with Crippen molar-refractivity contribution in [3.63, 3.8) is 0 Å². The van der Waals surface area contributed by atoms with E-state index in [4.69, 9.17) is 4.74 Å². The maximum atomic E-state index is 11.7. The molecule has 0 fully saturated rings. The van der Waals surface area contributed by atoms with E-state index in [0.29, 0.717) is 18.4 Å². The normalized spacial score (nSPS) is 9.95. The summed E-state index contributed by atoms with van der Waals surface area (Å²) in [4.78, 5) is 27.2. The van der Waals surface area contributed by atoms with Crippen LogP contribution in [-0.2, 0) is 4.79 Å². The number of carbonyl (C=O) groups is 1. The van der Waals surface area contributed by atoms with Crippen LogP contribution < -0.4 is 15.0 Å². The fraction of sp³-hybridized carbons (Fsp3) is 0.636. The number of nitrogens with zero attached hydrogens (tertiary/aromatic N) is 5. The first-order valence-electron chi connectivity index (χ1n) is 5.93. The van der Waals surface area contributed by atoms with E-state index in [-0.39, 0.29) is 18.5 Å². The monoisotopic (exact) mass is 268 g/mol. The molecule has 0 aromatic carbocycles. The Kier molecular flexibility index (Phi) is 5.28. The van der Waals surface area contributed by atoms with Crippen molar-refractivity contribution in [2.75, 3.05) is 51.6 Å². The van der Waals surface area contributed by atoms with Gasteiger partial charge in [-0.3, -0.25) is 4.79 Å². The number of carbonyl (C=O) groups excluding carboxylic acids is 1. The van der Waals surface area contributed by atoms with Crippen LogP contribution >= 0.6 is 0 Å². The van der Waals surface area contributed by atoms with Crippen molar-refractivity contribution in [1.29, 1.82) is 0 Å². The van der Waals surface area contributed by atoms with Crippen LogP contribution in [0.15, 0.2) is 0 Å². The Balaban J connectivity index is 2.91. The molecule has 19 heavy (non-hydrogen) atoms. The lowest BCUT2D eigenvalue weighted by Gasteiger charge is -2.19. The summed E-state index contributed by atoms with van der Waals surface area (Å²) in [7, 11) is 6.63. The molecule has 1 amide bonds. The molecular formula is C11H20N6O2.